The molecule has 0 atom stereocenters. The number of halogens is 1. The van der Waals surface area contributed by atoms with E-state index in [0.29, 0.717) is 10.1 Å². The van der Waals surface area contributed by atoms with E-state index in [2.05, 4.69) is 26.0 Å². The summed E-state index contributed by atoms with van der Waals surface area (Å²) in [5.74, 6) is -1.07. The van der Waals surface area contributed by atoms with E-state index in [1.165, 1.54) is 4.52 Å². The number of aromatic carboxylic acids is 1. The van der Waals surface area contributed by atoms with Gasteiger partial charge in [-0.05, 0) is 22.0 Å². The second-order valence-electron chi connectivity index (χ2n) is 2.36. The number of carboxylic acids is 1. The summed E-state index contributed by atoms with van der Waals surface area (Å²) in [6, 6.07) is 1.68. The molecule has 0 saturated carbocycles. The minimum atomic E-state index is -1.07. The van der Waals surface area contributed by atoms with Crippen molar-refractivity contribution in [3.05, 3.63) is 28.6 Å². The predicted octanol–water partition coefficient (Wildman–Crippen LogP) is 1.19. The maximum Gasteiger partial charge on any atom is 0.357 e. The summed E-state index contributed by atoms with van der Waals surface area (Å²) in [6.07, 6.45) is 3.22. The molecule has 6 heteroatoms. The molecule has 2 aromatic heterocycles. The van der Waals surface area contributed by atoms with Crippen LogP contribution in [0.15, 0.2) is 22.9 Å². The number of carboxylic acid groups (broad SMARTS) is 1. The third-order valence-corrected chi connectivity index (χ3v) is 2.27. The molecule has 0 aromatic carbocycles. The maximum atomic E-state index is 10.7. The lowest BCUT2D eigenvalue weighted by Crippen LogP contribution is -1.98. The molecule has 0 aliphatic rings. The van der Waals surface area contributed by atoms with Gasteiger partial charge < -0.3 is 5.11 Å². The number of fused-ring (bicyclic) bond motifs is 1. The molecule has 5 nitrogen and oxygen atoms in total. The van der Waals surface area contributed by atoms with Crippen LogP contribution in [0.3, 0.4) is 0 Å². The normalized spacial score (nSPS) is 10.5. The molecular weight excluding hydrogens is 238 g/mol. The quantitative estimate of drug-likeness (QED) is 0.815. The number of carbonyl (C=O) groups is 1. The maximum absolute atomic E-state index is 10.7. The van der Waals surface area contributed by atoms with Crippen LogP contribution >= 0.6 is 15.9 Å². The first-order valence-corrected chi connectivity index (χ1v) is 4.21. The van der Waals surface area contributed by atoms with Crippen molar-refractivity contribution in [1.82, 2.24) is 14.6 Å². The zero-order chi connectivity index (χ0) is 9.42. The molecule has 66 valence electrons. The molecular formula is C7H4BrN3O2. The topological polar surface area (TPSA) is 67.5 Å². The highest BCUT2D eigenvalue weighted by Crippen LogP contribution is 2.19. The van der Waals surface area contributed by atoms with Crippen LogP contribution in [0.2, 0.25) is 0 Å². The summed E-state index contributed by atoms with van der Waals surface area (Å²) in [6.45, 7) is 0. The van der Waals surface area contributed by atoms with Crippen LogP contribution in [-0.2, 0) is 0 Å². The number of aromatic nitrogens is 3. The fourth-order valence-electron chi connectivity index (χ4n) is 0.996. The van der Waals surface area contributed by atoms with E-state index in [1.54, 1.807) is 18.5 Å². The van der Waals surface area contributed by atoms with Gasteiger partial charge in [0.15, 0.2) is 11.3 Å². The molecule has 0 radical (unpaired) electrons. The van der Waals surface area contributed by atoms with E-state index in [1.807, 2.05) is 0 Å². The Morgan fingerprint density at radius 1 is 1.62 bits per heavy atom. The first-order valence-electron chi connectivity index (χ1n) is 3.42. The van der Waals surface area contributed by atoms with Crippen LogP contribution in [0.5, 0.6) is 0 Å². The van der Waals surface area contributed by atoms with E-state index in [0.717, 1.165) is 0 Å². The monoisotopic (exact) mass is 241 g/mol. The summed E-state index contributed by atoms with van der Waals surface area (Å²) < 4.78 is 1.81. The Morgan fingerprint density at radius 2 is 2.38 bits per heavy atom. The molecule has 0 aliphatic heterocycles. The van der Waals surface area contributed by atoms with Crippen LogP contribution in [-0.4, -0.2) is 25.7 Å². The van der Waals surface area contributed by atoms with Gasteiger partial charge in [0.2, 0.25) is 0 Å². The number of rotatable bonds is 1. The largest absolute Gasteiger partial charge is 0.476 e. The minimum Gasteiger partial charge on any atom is -0.476 e. The highest BCUT2D eigenvalue weighted by Gasteiger charge is 2.16. The van der Waals surface area contributed by atoms with E-state index >= 15 is 0 Å². The van der Waals surface area contributed by atoms with Gasteiger partial charge in [0.05, 0.1) is 4.47 Å². The lowest BCUT2D eigenvalue weighted by Gasteiger charge is -1.87. The lowest BCUT2D eigenvalue weighted by molar-refractivity contribution is 0.0689. The third-order valence-electron chi connectivity index (χ3n) is 1.54. The molecule has 0 saturated heterocycles. The van der Waals surface area contributed by atoms with Gasteiger partial charge in [-0.15, -0.1) is 0 Å². The van der Waals surface area contributed by atoms with Crippen molar-refractivity contribution in [2.75, 3.05) is 0 Å². The predicted molar refractivity (Wildman–Crippen MR) is 47.6 cm³/mol. The first kappa shape index (κ1) is 8.18. The summed E-state index contributed by atoms with van der Waals surface area (Å²) in [5, 5.41) is 12.6. The van der Waals surface area contributed by atoms with E-state index in [9.17, 15) is 4.79 Å². The van der Waals surface area contributed by atoms with E-state index < -0.39 is 5.97 Å². The third kappa shape index (κ3) is 1.19. The molecule has 0 spiro atoms. The van der Waals surface area contributed by atoms with Crippen LogP contribution in [0, 0.1) is 0 Å². The molecule has 2 aromatic rings. The van der Waals surface area contributed by atoms with Crippen LogP contribution in [0.1, 0.15) is 10.5 Å². The molecule has 0 unspecified atom stereocenters. The Kier molecular flexibility index (Phi) is 1.77. The minimum absolute atomic E-state index is 0.0290. The zero-order valence-electron chi connectivity index (χ0n) is 6.31. The summed E-state index contributed by atoms with van der Waals surface area (Å²) >= 11 is 3.13. The van der Waals surface area contributed by atoms with Gasteiger partial charge in [0.25, 0.3) is 0 Å². The second kappa shape index (κ2) is 2.81. The van der Waals surface area contributed by atoms with Crippen molar-refractivity contribution >= 4 is 27.5 Å². The number of hydrogen-bond donors (Lipinski definition) is 1. The Labute approximate surface area is 81.1 Å². The molecule has 0 aliphatic carbocycles. The fourth-order valence-corrected chi connectivity index (χ4v) is 1.53. The van der Waals surface area contributed by atoms with Crippen molar-refractivity contribution in [3.63, 3.8) is 0 Å². The highest BCUT2D eigenvalue weighted by atomic mass is 79.9. The van der Waals surface area contributed by atoms with E-state index in [-0.39, 0.29) is 5.69 Å². The average molecular weight is 242 g/mol. The number of nitrogens with zero attached hydrogens (tertiary/aromatic N) is 3. The van der Waals surface area contributed by atoms with Gasteiger partial charge in [-0.25, -0.2) is 14.3 Å². The first-order chi connectivity index (χ1) is 6.20. The van der Waals surface area contributed by atoms with Crippen LogP contribution < -0.4 is 0 Å². The van der Waals surface area contributed by atoms with Crippen molar-refractivity contribution in [1.29, 1.82) is 0 Å². The summed E-state index contributed by atoms with van der Waals surface area (Å²) in [5.41, 5.74) is 0.471. The Balaban J connectivity index is 2.81. The second-order valence-corrected chi connectivity index (χ2v) is 3.15. The fraction of sp³-hybridized carbons (Fsp3) is 0. The molecule has 0 bridgehead atoms. The van der Waals surface area contributed by atoms with Crippen molar-refractivity contribution in [2.24, 2.45) is 0 Å². The van der Waals surface area contributed by atoms with Crippen LogP contribution in [0.4, 0.5) is 0 Å². The molecule has 13 heavy (non-hydrogen) atoms. The van der Waals surface area contributed by atoms with Gasteiger partial charge in [-0.3, -0.25) is 0 Å². The molecule has 0 amide bonds. The van der Waals surface area contributed by atoms with Crippen molar-refractivity contribution in [2.45, 2.75) is 0 Å². The van der Waals surface area contributed by atoms with Gasteiger partial charge >= 0.3 is 5.97 Å². The Morgan fingerprint density at radius 3 is 3.00 bits per heavy atom. The summed E-state index contributed by atoms with van der Waals surface area (Å²) in [7, 11) is 0. The Hall–Kier alpha value is -1.43. The standard InChI is InChI=1S/C7H4BrN3O2/c8-4-5(7(12)13)10-11-3-1-2-9-6(4)11/h1-3H,(H,12,13). The van der Waals surface area contributed by atoms with Crippen molar-refractivity contribution < 1.29 is 9.90 Å². The van der Waals surface area contributed by atoms with Gasteiger partial charge in [-0.1, -0.05) is 0 Å². The molecule has 0 fully saturated rings. The van der Waals surface area contributed by atoms with E-state index in [4.69, 9.17) is 5.11 Å². The van der Waals surface area contributed by atoms with Crippen LogP contribution in [0.25, 0.3) is 5.65 Å². The van der Waals surface area contributed by atoms with Gasteiger partial charge in [-0.2, -0.15) is 5.10 Å². The number of hydrogen-bond acceptors (Lipinski definition) is 3. The SMILES string of the molecule is O=C(O)c1nn2cccnc2c1Br. The van der Waals surface area contributed by atoms with Crippen molar-refractivity contribution in [3.8, 4) is 0 Å². The lowest BCUT2D eigenvalue weighted by atomic mass is 10.4. The molecule has 2 rings (SSSR count). The highest BCUT2D eigenvalue weighted by molar-refractivity contribution is 9.10. The average Bonchev–Trinajstić information content (AvgIpc) is 2.45. The molecule has 2 heterocycles. The van der Waals surface area contributed by atoms with Gasteiger partial charge in [0.1, 0.15) is 0 Å². The van der Waals surface area contributed by atoms with Gasteiger partial charge in [0, 0.05) is 12.4 Å². The molecule has 1 N–H and O–H groups in total. The summed E-state index contributed by atoms with van der Waals surface area (Å²) in [4.78, 5) is 14.6. The smallest absolute Gasteiger partial charge is 0.357 e. The Bertz CT molecular complexity index is 480. The zero-order valence-corrected chi connectivity index (χ0v) is 7.89.